The first-order chi connectivity index (χ1) is 19.3. The molecule has 0 aromatic heterocycles. The van der Waals surface area contributed by atoms with Gasteiger partial charge >= 0.3 is 17.9 Å². The molecule has 41 heavy (non-hydrogen) atoms. The zero-order valence-corrected chi connectivity index (χ0v) is 25.3. The number of ether oxygens (including phenoxy) is 3. The molecular weight excluding hydrogens is 524 g/mol. The molecule has 8 heteroatoms. The van der Waals surface area contributed by atoms with E-state index in [9.17, 15) is 24.3 Å². The minimum absolute atomic E-state index is 0.00942. The number of Topliss-reactive ketones (excluding diaryl/α,β-unsaturated/α-hetero) is 1. The molecule has 4 aliphatic carbocycles. The molecule has 224 valence electrons. The first-order valence-corrected chi connectivity index (χ1v) is 14.8. The summed E-state index contributed by atoms with van der Waals surface area (Å²) in [5.74, 6) is -4.24. The van der Waals surface area contributed by atoms with Crippen molar-refractivity contribution in [3.63, 3.8) is 0 Å². The van der Waals surface area contributed by atoms with Crippen molar-refractivity contribution in [1.82, 2.24) is 0 Å². The van der Waals surface area contributed by atoms with E-state index in [1.807, 2.05) is 39.0 Å². The molecule has 0 heterocycles. The van der Waals surface area contributed by atoms with Crippen LogP contribution >= 0.6 is 0 Å². The summed E-state index contributed by atoms with van der Waals surface area (Å²) in [6, 6.07) is 0. The van der Waals surface area contributed by atoms with Gasteiger partial charge in [0.1, 0.15) is 12.7 Å². The zero-order chi connectivity index (χ0) is 30.3. The molecule has 8 nitrogen and oxygen atoms in total. The first kappa shape index (κ1) is 30.9. The minimum Gasteiger partial charge on any atom is -0.461 e. The van der Waals surface area contributed by atoms with E-state index in [0.717, 1.165) is 18.4 Å². The normalized spacial score (nSPS) is 36.9. The van der Waals surface area contributed by atoms with Crippen LogP contribution in [0.4, 0.5) is 0 Å². The number of fused-ring (bicyclic) bond motifs is 5. The van der Waals surface area contributed by atoms with Gasteiger partial charge in [0.25, 0.3) is 0 Å². The lowest BCUT2D eigenvalue weighted by Gasteiger charge is -2.52. The fraction of sp³-hybridized carbons (Fsp3) is 0.636. The summed E-state index contributed by atoms with van der Waals surface area (Å²) in [6.45, 7) is 12.6. The summed E-state index contributed by atoms with van der Waals surface area (Å²) in [6.07, 6.45) is 11.9. The van der Waals surface area contributed by atoms with Crippen molar-refractivity contribution in [3.05, 3.63) is 47.6 Å². The van der Waals surface area contributed by atoms with E-state index in [1.54, 1.807) is 26.0 Å². The third-order valence-corrected chi connectivity index (χ3v) is 9.89. The van der Waals surface area contributed by atoms with Gasteiger partial charge in [-0.25, -0.2) is 4.79 Å². The maximum Gasteiger partial charge on any atom is 0.331 e. The Labute approximate surface area is 242 Å². The highest BCUT2D eigenvalue weighted by Crippen LogP contribution is 2.77. The number of ketones is 1. The lowest BCUT2D eigenvalue weighted by molar-refractivity contribution is -0.218. The molecule has 0 aromatic rings. The number of aliphatic hydroxyl groups is 1. The maximum atomic E-state index is 13.3. The summed E-state index contributed by atoms with van der Waals surface area (Å²) in [5, 5.41) is 12.8. The maximum absolute atomic E-state index is 13.3. The van der Waals surface area contributed by atoms with Gasteiger partial charge in [-0.3, -0.25) is 14.4 Å². The van der Waals surface area contributed by atoms with E-state index < -0.39 is 70.2 Å². The Bertz CT molecular complexity index is 1220. The van der Waals surface area contributed by atoms with Gasteiger partial charge in [0.15, 0.2) is 11.4 Å². The molecule has 4 aliphatic rings. The van der Waals surface area contributed by atoms with Gasteiger partial charge < -0.3 is 19.3 Å². The number of hydrogen-bond donors (Lipinski definition) is 1. The molecule has 8 atom stereocenters. The van der Waals surface area contributed by atoms with Crippen molar-refractivity contribution in [2.75, 3.05) is 6.61 Å². The average molecular weight is 569 g/mol. The van der Waals surface area contributed by atoms with Crippen LogP contribution in [-0.2, 0) is 33.4 Å². The van der Waals surface area contributed by atoms with Crippen molar-refractivity contribution >= 4 is 23.7 Å². The van der Waals surface area contributed by atoms with Gasteiger partial charge in [0.05, 0.1) is 5.60 Å². The zero-order valence-electron chi connectivity index (χ0n) is 25.3. The number of carbonyl (C=O) groups excluding carboxylic acids is 4. The average Bonchev–Trinajstić information content (AvgIpc) is 3.31. The summed E-state index contributed by atoms with van der Waals surface area (Å²) >= 11 is 0. The summed E-state index contributed by atoms with van der Waals surface area (Å²) < 4.78 is 17.7. The largest absolute Gasteiger partial charge is 0.461 e. The van der Waals surface area contributed by atoms with E-state index in [1.165, 1.54) is 13.0 Å². The molecule has 0 radical (unpaired) electrons. The van der Waals surface area contributed by atoms with Crippen LogP contribution in [0.25, 0.3) is 0 Å². The van der Waals surface area contributed by atoms with Crippen LogP contribution in [0.15, 0.2) is 47.6 Å². The monoisotopic (exact) mass is 568 g/mol. The first-order valence-electron chi connectivity index (χ1n) is 14.8. The lowest BCUT2D eigenvalue weighted by Crippen LogP contribution is -2.63. The van der Waals surface area contributed by atoms with E-state index in [4.69, 9.17) is 14.2 Å². The second-order valence-electron chi connectivity index (χ2n) is 12.6. The van der Waals surface area contributed by atoms with E-state index in [-0.39, 0.29) is 18.8 Å². The van der Waals surface area contributed by atoms with Gasteiger partial charge in [0, 0.05) is 54.4 Å². The lowest BCUT2D eigenvalue weighted by atomic mass is 9.60. The van der Waals surface area contributed by atoms with Crippen molar-refractivity contribution < 1.29 is 38.5 Å². The van der Waals surface area contributed by atoms with Crippen molar-refractivity contribution in [1.29, 1.82) is 0 Å². The van der Waals surface area contributed by atoms with E-state index >= 15 is 0 Å². The molecule has 8 unspecified atom stereocenters. The number of carbonyl (C=O) groups is 4. The van der Waals surface area contributed by atoms with Crippen LogP contribution in [0.2, 0.25) is 0 Å². The Balaban J connectivity index is 1.83. The molecule has 2 saturated carbocycles. The van der Waals surface area contributed by atoms with Gasteiger partial charge in [-0.05, 0) is 30.9 Å². The van der Waals surface area contributed by atoms with Crippen molar-refractivity contribution in [2.45, 2.75) is 91.5 Å². The molecule has 1 N–H and O–H groups in total. The second-order valence-corrected chi connectivity index (χ2v) is 12.6. The van der Waals surface area contributed by atoms with Crippen LogP contribution in [0.1, 0.15) is 74.1 Å². The summed E-state index contributed by atoms with van der Waals surface area (Å²) in [7, 11) is 0. The number of hydrogen-bond acceptors (Lipinski definition) is 8. The smallest absolute Gasteiger partial charge is 0.331 e. The molecule has 0 aromatic carbocycles. The highest BCUT2D eigenvalue weighted by atomic mass is 16.6. The van der Waals surface area contributed by atoms with Crippen LogP contribution in [-0.4, -0.2) is 52.7 Å². The predicted molar refractivity (Wildman–Crippen MR) is 152 cm³/mol. The Morgan fingerprint density at radius 3 is 2.46 bits per heavy atom. The fourth-order valence-corrected chi connectivity index (χ4v) is 7.84. The number of unbranched alkanes of at least 4 members (excludes halogenated alkanes) is 1. The van der Waals surface area contributed by atoms with Crippen LogP contribution in [0.3, 0.4) is 0 Å². The molecule has 0 amide bonds. The number of allylic oxidation sites excluding steroid dienone is 4. The highest BCUT2D eigenvalue weighted by Gasteiger charge is 2.87. The molecule has 0 saturated heterocycles. The molecule has 4 rings (SSSR count). The Hall–Kier alpha value is -3.00. The quantitative estimate of drug-likeness (QED) is 0.139. The fourth-order valence-electron chi connectivity index (χ4n) is 7.84. The molecular formula is C33H44O8. The Kier molecular flexibility index (Phi) is 8.57. The van der Waals surface area contributed by atoms with E-state index in [2.05, 4.69) is 6.92 Å². The van der Waals surface area contributed by atoms with Crippen molar-refractivity contribution in [3.8, 4) is 0 Å². The predicted octanol–water partition coefficient (Wildman–Crippen LogP) is 4.81. The second kappa shape index (κ2) is 11.3. The molecule has 0 aliphatic heterocycles. The third kappa shape index (κ3) is 5.02. The van der Waals surface area contributed by atoms with Gasteiger partial charge in [-0.2, -0.15) is 0 Å². The SMILES string of the molecule is CCCC=CC=CC(=O)OC1C(C)C2(O)C3C=C(C)C(=O)C3CC(COC(C)=O)=CC2C2C(C)(C)C12OC(=O)CC. The van der Waals surface area contributed by atoms with Gasteiger partial charge in [0.2, 0.25) is 0 Å². The number of rotatable bonds is 9. The van der Waals surface area contributed by atoms with Gasteiger partial charge in [-0.1, -0.05) is 71.4 Å². The van der Waals surface area contributed by atoms with Crippen LogP contribution in [0.5, 0.6) is 0 Å². The summed E-state index contributed by atoms with van der Waals surface area (Å²) in [4.78, 5) is 51.0. The molecule has 0 bridgehead atoms. The van der Waals surface area contributed by atoms with Crippen LogP contribution in [0, 0.1) is 35.0 Å². The highest BCUT2D eigenvalue weighted by molar-refractivity contribution is 6.00. The molecule has 0 spiro atoms. The topological polar surface area (TPSA) is 116 Å². The minimum atomic E-state index is -1.49. The molecule has 2 fully saturated rings. The number of esters is 3. The standard InChI is InChI=1S/C33H44O8/c1-8-10-11-12-13-14-27(36)40-30-20(4)32(38)24-15-19(3)28(37)23(24)16-22(18-39-21(5)34)17-25(32)29-31(6,7)33(29,30)41-26(35)9-2/h11-15,17,20,23-25,29-30,38H,8-10,16,18H2,1-7H3. The van der Waals surface area contributed by atoms with Gasteiger partial charge in [-0.15, -0.1) is 0 Å². The Morgan fingerprint density at radius 1 is 1.12 bits per heavy atom. The Morgan fingerprint density at radius 2 is 1.83 bits per heavy atom. The van der Waals surface area contributed by atoms with Crippen molar-refractivity contribution in [2.24, 2.45) is 35.0 Å². The third-order valence-electron chi connectivity index (χ3n) is 9.89. The van der Waals surface area contributed by atoms with Crippen LogP contribution < -0.4 is 0 Å². The van der Waals surface area contributed by atoms with E-state index in [0.29, 0.717) is 12.0 Å². The summed E-state index contributed by atoms with van der Waals surface area (Å²) in [5.41, 5.74) is -2.02.